The van der Waals surface area contributed by atoms with E-state index in [-0.39, 0.29) is 42.6 Å². The van der Waals surface area contributed by atoms with E-state index in [4.69, 9.17) is 4.74 Å². The fraction of sp³-hybridized carbons (Fsp3) is 0.417. The first kappa shape index (κ1) is 23.6. The molecule has 3 atom stereocenters. The Balaban J connectivity index is 1.25. The number of aromatic amines is 1. The predicted octanol–water partition coefficient (Wildman–Crippen LogP) is 2.21. The van der Waals surface area contributed by atoms with Gasteiger partial charge in [-0.25, -0.2) is 19.3 Å². The highest BCUT2D eigenvalue weighted by Crippen LogP contribution is 2.33. The van der Waals surface area contributed by atoms with Crippen molar-refractivity contribution in [2.45, 2.75) is 44.7 Å². The third-order valence-electron chi connectivity index (χ3n) is 6.26. The molecule has 1 unspecified atom stereocenters. The van der Waals surface area contributed by atoms with Crippen molar-refractivity contribution in [3.63, 3.8) is 0 Å². The zero-order valence-corrected chi connectivity index (χ0v) is 19.6. The number of H-pyrrole nitrogens is 1. The number of hydrogen-bond donors (Lipinski definition) is 3. The molecule has 3 heterocycles. The van der Waals surface area contributed by atoms with Crippen molar-refractivity contribution in [2.24, 2.45) is 5.92 Å². The minimum atomic E-state index is -1.44. The number of carbonyl (C=O) groups is 1. The summed E-state index contributed by atoms with van der Waals surface area (Å²) in [5.74, 6) is 1.05. The molecule has 1 saturated heterocycles. The second kappa shape index (κ2) is 9.87. The lowest BCUT2D eigenvalue weighted by Gasteiger charge is -2.34. The van der Waals surface area contributed by atoms with Crippen molar-refractivity contribution in [2.75, 3.05) is 18.4 Å². The van der Waals surface area contributed by atoms with Crippen molar-refractivity contribution >= 4 is 11.7 Å². The van der Waals surface area contributed by atoms with Crippen LogP contribution in [0.4, 0.5) is 10.2 Å². The predicted molar refractivity (Wildman–Crippen MR) is 125 cm³/mol. The lowest BCUT2D eigenvalue weighted by Crippen LogP contribution is -2.49. The standard InChI is InChI=1S/C24H25FN8O3/c1-13-29-22(32-31-13)24(35)33-7-6-20(17(25)11-33)36-19-5-4-15(8-16(19)10-26)18-9-21(28-12-27-18)30-23(34)14-2-3-14/h4-5,8-9,12,14,17,20,23,34H,2-3,6-7,11H2,1H3,(H,27,28,30)(H,29,31,32)/t17-,20+,23?/m1/s1. The van der Waals surface area contributed by atoms with Gasteiger partial charge in [0.1, 0.15) is 42.1 Å². The van der Waals surface area contributed by atoms with E-state index in [2.05, 4.69) is 36.5 Å². The van der Waals surface area contributed by atoms with Gasteiger partial charge in [-0.15, -0.1) is 5.10 Å². The van der Waals surface area contributed by atoms with Gasteiger partial charge in [0, 0.05) is 30.5 Å². The number of aryl methyl sites for hydroxylation is 1. The summed E-state index contributed by atoms with van der Waals surface area (Å²) >= 11 is 0. The van der Waals surface area contributed by atoms with Gasteiger partial charge in [-0.3, -0.25) is 9.89 Å². The average molecular weight is 493 g/mol. The number of likely N-dealkylation sites (tertiary alicyclic amines) is 1. The van der Waals surface area contributed by atoms with Gasteiger partial charge in [0.15, 0.2) is 6.17 Å². The molecule has 1 aliphatic carbocycles. The van der Waals surface area contributed by atoms with E-state index in [1.165, 1.54) is 11.2 Å². The van der Waals surface area contributed by atoms with Crippen LogP contribution in [0.1, 0.15) is 41.3 Å². The van der Waals surface area contributed by atoms with E-state index in [1.807, 2.05) is 0 Å². The Labute approximate surface area is 206 Å². The van der Waals surface area contributed by atoms with E-state index in [0.717, 1.165) is 12.8 Å². The maximum atomic E-state index is 15.0. The molecule has 1 amide bonds. The summed E-state index contributed by atoms with van der Waals surface area (Å²) in [4.78, 5) is 26.3. The number of ether oxygens (including phenoxy) is 1. The van der Waals surface area contributed by atoms with Crippen LogP contribution in [-0.2, 0) is 0 Å². The highest BCUT2D eigenvalue weighted by atomic mass is 19.1. The number of benzene rings is 1. The molecule has 5 rings (SSSR count). The van der Waals surface area contributed by atoms with Gasteiger partial charge in [0.2, 0.25) is 5.82 Å². The molecule has 186 valence electrons. The maximum Gasteiger partial charge on any atom is 0.293 e. The van der Waals surface area contributed by atoms with Crippen molar-refractivity contribution < 1.29 is 19.0 Å². The minimum Gasteiger partial charge on any atom is -0.486 e. The van der Waals surface area contributed by atoms with E-state index < -0.39 is 24.4 Å². The summed E-state index contributed by atoms with van der Waals surface area (Å²) in [6, 6.07) is 8.77. The molecular weight excluding hydrogens is 467 g/mol. The molecule has 3 N–H and O–H groups in total. The van der Waals surface area contributed by atoms with Crippen LogP contribution in [0.2, 0.25) is 0 Å². The number of hydrogen-bond acceptors (Lipinski definition) is 9. The third kappa shape index (κ3) is 5.11. The number of alkyl halides is 1. The molecule has 36 heavy (non-hydrogen) atoms. The second-order valence-electron chi connectivity index (χ2n) is 8.99. The van der Waals surface area contributed by atoms with Gasteiger partial charge in [-0.1, -0.05) is 0 Å². The highest BCUT2D eigenvalue weighted by Gasteiger charge is 2.35. The monoisotopic (exact) mass is 492 g/mol. The summed E-state index contributed by atoms with van der Waals surface area (Å²) < 4.78 is 20.8. The zero-order valence-electron chi connectivity index (χ0n) is 19.6. The van der Waals surface area contributed by atoms with Gasteiger partial charge < -0.3 is 20.1 Å². The number of aliphatic hydroxyl groups excluding tert-OH is 1. The number of rotatable bonds is 7. The Bertz CT molecular complexity index is 1300. The summed E-state index contributed by atoms with van der Waals surface area (Å²) in [7, 11) is 0. The molecule has 0 spiro atoms. The summed E-state index contributed by atoms with van der Waals surface area (Å²) in [5, 5.41) is 29.2. The van der Waals surface area contributed by atoms with Crippen LogP contribution >= 0.6 is 0 Å². The van der Waals surface area contributed by atoms with Crippen LogP contribution in [0.3, 0.4) is 0 Å². The number of nitrogens with zero attached hydrogens (tertiary/aromatic N) is 6. The Hall–Kier alpha value is -4.11. The number of piperidine rings is 1. The number of halogens is 1. The van der Waals surface area contributed by atoms with Gasteiger partial charge in [0.25, 0.3) is 5.91 Å². The lowest BCUT2D eigenvalue weighted by atomic mass is 10.0. The normalized spacial score (nSPS) is 20.4. The molecule has 1 saturated carbocycles. The number of aromatic nitrogens is 5. The molecule has 2 aliphatic rings. The maximum absolute atomic E-state index is 15.0. The molecular formula is C24H25FN8O3. The van der Waals surface area contributed by atoms with Crippen LogP contribution in [-0.4, -0.2) is 72.7 Å². The Morgan fingerprint density at radius 3 is 2.86 bits per heavy atom. The Kier molecular flexibility index (Phi) is 6.47. The van der Waals surface area contributed by atoms with E-state index >= 15 is 0 Å². The number of nitrogens with one attached hydrogen (secondary N) is 2. The highest BCUT2D eigenvalue weighted by molar-refractivity contribution is 5.90. The van der Waals surface area contributed by atoms with Crippen LogP contribution in [0.15, 0.2) is 30.6 Å². The average Bonchev–Trinajstić information content (AvgIpc) is 3.65. The van der Waals surface area contributed by atoms with Gasteiger partial charge in [0.05, 0.1) is 17.8 Å². The fourth-order valence-electron chi connectivity index (χ4n) is 4.10. The zero-order chi connectivity index (χ0) is 25.2. The number of nitriles is 1. The summed E-state index contributed by atoms with van der Waals surface area (Å²) in [6.07, 6.45) is 0.698. The lowest BCUT2D eigenvalue weighted by molar-refractivity contribution is 0.0195. The van der Waals surface area contributed by atoms with Crippen molar-refractivity contribution in [3.8, 4) is 23.1 Å². The number of amides is 1. The Morgan fingerprint density at radius 2 is 2.17 bits per heavy atom. The fourth-order valence-corrected chi connectivity index (χ4v) is 4.10. The van der Waals surface area contributed by atoms with Crippen molar-refractivity contribution in [1.82, 2.24) is 30.0 Å². The quantitative estimate of drug-likeness (QED) is 0.421. The molecule has 1 aliphatic heterocycles. The molecule has 12 heteroatoms. The molecule has 3 aromatic rings. The largest absolute Gasteiger partial charge is 0.486 e. The smallest absolute Gasteiger partial charge is 0.293 e. The third-order valence-corrected chi connectivity index (χ3v) is 6.26. The van der Waals surface area contributed by atoms with E-state index in [1.54, 1.807) is 31.2 Å². The second-order valence-corrected chi connectivity index (χ2v) is 8.99. The number of anilines is 1. The van der Waals surface area contributed by atoms with Crippen molar-refractivity contribution in [1.29, 1.82) is 5.26 Å². The molecule has 11 nitrogen and oxygen atoms in total. The van der Waals surface area contributed by atoms with Crippen LogP contribution in [0.25, 0.3) is 11.3 Å². The number of aliphatic hydroxyl groups is 1. The first-order chi connectivity index (χ1) is 17.4. The molecule has 0 radical (unpaired) electrons. The Morgan fingerprint density at radius 1 is 1.33 bits per heavy atom. The van der Waals surface area contributed by atoms with Gasteiger partial charge >= 0.3 is 0 Å². The topological polar surface area (TPSA) is 153 Å². The molecule has 1 aromatic carbocycles. The van der Waals surface area contributed by atoms with Crippen LogP contribution in [0, 0.1) is 24.2 Å². The SMILES string of the molecule is Cc1nc(C(=O)N2CC[C@H](Oc3ccc(-c4cc(NC(O)C5CC5)ncn4)cc3C#N)[C@H](F)C2)n[nH]1. The van der Waals surface area contributed by atoms with E-state index in [0.29, 0.717) is 22.9 Å². The molecule has 2 aromatic heterocycles. The molecule has 2 fully saturated rings. The summed E-state index contributed by atoms with van der Waals surface area (Å²) in [6.45, 7) is 1.81. The summed E-state index contributed by atoms with van der Waals surface area (Å²) in [5.41, 5.74) is 1.46. The van der Waals surface area contributed by atoms with Crippen molar-refractivity contribution in [3.05, 3.63) is 47.8 Å². The minimum absolute atomic E-state index is 0.00607. The first-order valence-electron chi connectivity index (χ1n) is 11.7. The van der Waals surface area contributed by atoms with Crippen LogP contribution < -0.4 is 10.1 Å². The first-order valence-corrected chi connectivity index (χ1v) is 11.7. The van der Waals surface area contributed by atoms with E-state index in [9.17, 15) is 19.6 Å². The van der Waals surface area contributed by atoms with Gasteiger partial charge in [-0.2, -0.15) is 5.26 Å². The number of carbonyl (C=O) groups excluding carboxylic acids is 1. The van der Waals surface area contributed by atoms with Gasteiger partial charge in [-0.05, 0) is 38.0 Å². The molecule has 0 bridgehead atoms. The van der Waals surface area contributed by atoms with Crippen LogP contribution in [0.5, 0.6) is 5.75 Å².